The molecule has 142 valence electrons. The lowest BCUT2D eigenvalue weighted by atomic mass is 9.77. The number of benzene rings is 1. The molecular formula is C23H34N2O. The molecule has 0 aromatic heterocycles. The number of fused-ring (bicyclic) bond motifs is 1. The molecule has 1 saturated carbocycles. The number of nitrogens with one attached hydrogen (secondary N) is 1. The fourth-order valence-corrected chi connectivity index (χ4v) is 5.59. The number of hydrogen-bond donors (Lipinski definition) is 1. The van der Waals surface area contributed by atoms with Crippen LogP contribution in [0.2, 0.25) is 0 Å². The number of aryl methyl sites for hydroxylation is 1. The Morgan fingerprint density at radius 3 is 2.35 bits per heavy atom. The Balaban J connectivity index is 1.35. The van der Waals surface area contributed by atoms with Crippen molar-refractivity contribution in [2.75, 3.05) is 26.2 Å². The second kappa shape index (κ2) is 8.12. The lowest BCUT2D eigenvalue weighted by Gasteiger charge is -2.32. The minimum atomic E-state index is 0.261. The summed E-state index contributed by atoms with van der Waals surface area (Å²) in [4.78, 5) is 15.4. The Kier molecular flexibility index (Phi) is 5.63. The predicted molar refractivity (Wildman–Crippen MR) is 106 cm³/mol. The van der Waals surface area contributed by atoms with E-state index in [1.807, 2.05) is 0 Å². The minimum absolute atomic E-state index is 0.261. The molecule has 4 rings (SSSR count). The van der Waals surface area contributed by atoms with E-state index in [1.165, 1.54) is 50.5 Å². The second-order valence-electron chi connectivity index (χ2n) is 9.01. The Morgan fingerprint density at radius 2 is 1.69 bits per heavy atom. The van der Waals surface area contributed by atoms with E-state index in [2.05, 4.69) is 40.5 Å². The van der Waals surface area contributed by atoms with Crippen molar-refractivity contribution < 1.29 is 4.79 Å². The third kappa shape index (κ3) is 4.14. The summed E-state index contributed by atoms with van der Waals surface area (Å²) >= 11 is 0. The van der Waals surface area contributed by atoms with Crippen molar-refractivity contribution in [3.63, 3.8) is 0 Å². The van der Waals surface area contributed by atoms with Gasteiger partial charge in [-0.2, -0.15) is 0 Å². The van der Waals surface area contributed by atoms with Crippen LogP contribution in [0.15, 0.2) is 30.3 Å². The molecule has 3 heteroatoms. The van der Waals surface area contributed by atoms with Crippen LogP contribution in [0.1, 0.15) is 56.9 Å². The van der Waals surface area contributed by atoms with E-state index >= 15 is 0 Å². The van der Waals surface area contributed by atoms with E-state index < -0.39 is 0 Å². The van der Waals surface area contributed by atoms with Gasteiger partial charge in [-0.05, 0) is 74.4 Å². The maximum absolute atomic E-state index is 13.2. The molecule has 2 saturated heterocycles. The number of carbonyl (C=O) groups excluding carboxylic acids is 1. The molecule has 1 aliphatic carbocycles. The van der Waals surface area contributed by atoms with Gasteiger partial charge in [-0.3, -0.25) is 4.79 Å². The normalized spacial score (nSPS) is 27.9. The van der Waals surface area contributed by atoms with Crippen molar-refractivity contribution in [2.45, 2.75) is 57.8 Å². The van der Waals surface area contributed by atoms with Gasteiger partial charge < -0.3 is 10.2 Å². The highest BCUT2D eigenvalue weighted by molar-refractivity contribution is 5.77. The van der Waals surface area contributed by atoms with Gasteiger partial charge in [0, 0.05) is 19.5 Å². The Hall–Kier alpha value is -1.35. The number of rotatable bonds is 5. The highest BCUT2D eigenvalue weighted by Gasteiger charge is 2.38. The summed E-state index contributed by atoms with van der Waals surface area (Å²) < 4.78 is 0. The zero-order valence-electron chi connectivity index (χ0n) is 16.1. The maximum Gasteiger partial charge on any atom is 0.223 e. The van der Waals surface area contributed by atoms with Crippen LogP contribution in [0.3, 0.4) is 0 Å². The highest BCUT2D eigenvalue weighted by atomic mass is 16.2. The molecule has 2 aliphatic heterocycles. The average molecular weight is 355 g/mol. The van der Waals surface area contributed by atoms with Gasteiger partial charge >= 0.3 is 0 Å². The van der Waals surface area contributed by atoms with E-state index in [9.17, 15) is 4.79 Å². The average Bonchev–Trinajstić information content (AvgIpc) is 3.27. The molecule has 1 amide bonds. The van der Waals surface area contributed by atoms with Crippen molar-refractivity contribution in [1.29, 1.82) is 0 Å². The highest BCUT2D eigenvalue weighted by Crippen LogP contribution is 2.45. The molecule has 0 unspecified atom stereocenters. The first-order valence-electron chi connectivity index (χ1n) is 10.8. The number of likely N-dealkylation sites (tertiary alicyclic amines) is 1. The summed E-state index contributed by atoms with van der Waals surface area (Å²) in [6, 6.07) is 10.8. The molecule has 2 atom stereocenters. The smallest absolute Gasteiger partial charge is 0.223 e. The topological polar surface area (TPSA) is 32.3 Å². The number of hydrogen-bond acceptors (Lipinski definition) is 2. The van der Waals surface area contributed by atoms with Crippen LogP contribution in [-0.4, -0.2) is 37.0 Å². The van der Waals surface area contributed by atoms with Crippen molar-refractivity contribution in [1.82, 2.24) is 10.2 Å². The van der Waals surface area contributed by atoms with Crippen molar-refractivity contribution in [3.05, 3.63) is 35.9 Å². The summed E-state index contributed by atoms with van der Waals surface area (Å²) in [5.41, 5.74) is 1.68. The summed E-state index contributed by atoms with van der Waals surface area (Å²) in [6.07, 6.45) is 10.6. The van der Waals surface area contributed by atoms with Crippen molar-refractivity contribution in [2.24, 2.45) is 17.3 Å². The van der Waals surface area contributed by atoms with Crippen LogP contribution in [-0.2, 0) is 11.2 Å². The second-order valence-corrected chi connectivity index (χ2v) is 9.01. The molecule has 26 heavy (non-hydrogen) atoms. The molecule has 0 bridgehead atoms. The zero-order valence-corrected chi connectivity index (χ0v) is 16.1. The van der Waals surface area contributed by atoms with E-state index in [0.29, 0.717) is 5.91 Å². The molecule has 3 nitrogen and oxygen atoms in total. The lowest BCUT2D eigenvalue weighted by Crippen LogP contribution is -2.36. The van der Waals surface area contributed by atoms with E-state index in [0.717, 1.165) is 50.9 Å². The quantitative estimate of drug-likeness (QED) is 0.866. The van der Waals surface area contributed by atoms with Crippen LogP contribution >= 0.6 is 0 Å². The molecule has 1 aromatic rings. The van der Waals surface area contributed by atoms with Gasteiger partial charge in [0.25, 0.3) is 0 Å². The van der Waals surface area contributed by atoms with Crippen LogP contribution in [0.25, 0.3) is 0 Å². The number of nitrogens with zero attached hydrogens (tertiary/aromatic N) is 1. The van der Waals surface area contributed by atoms with Gasteiger partial charge in [0.1, 0.15) is 0 Å². The molecule has 3 fully saturated rings. The summed E-state index contributed by atoms with van der Waals surface area (Å²) in [7, 11) is 0. The molecule has 1 N–H and O–H groups in total. The first kappa shape index (κ1) is 18.0. The first-order chi connectivity index (χ1) is 12.7. The van der Waals surface area contributed by atoms with E-state index in [4.69, 9.17) is 0 Å². The van der Waals surface area contributed by atoms with Gasteiger partial charge in [-0.1, -0.05) is 43.2 Å². The minimum Gasteiger partial charge on any atom is -0.343 e. The Bertz CT molecular complexity index is 579. The molecular weight excluding hydrogens is 320 g/mol. The first-order valence-corrected chi connectivity index (χ1v) is 10.8. The van der Waals surface area contributed by atoms with Gasteiger partial charge in [-0.25, -0.2) is 0 Å². The van der Waals surface area contributed by atoms with Gasteiger partial charge in [0.05, 0.1) is 0 Å². The summed E-state index contributed by atoms with van der Waals surface area (Å²) in [5, 5.41) is 3.53. The van der Waals surface area contributed by atoms with Crippen LogP contribution in [0.5, 0.6) is 0 Å². The lowest BCUT2D eigenvalue weighted by molar-refractivity contribution is -0.133. The molecule has 1 aromatic carbocycles. The summed E-state index contributed by atoms with van der Waals surface area (Å²) in [6.45, 7) is 4.29. The van der Waals surface area contributed by atoms with Gasteiger partial charge in [0.2, 0.25) is 5.91 Å². The summed E-state index contributed by atoms with van der Waals surface area (Å²) in [5.74, 6) is 2.03. The molecule has 0 spiro atoms. The molecule has 2 heterocycles. The van der Waals surface area contributed by atoms with E-state index in [1.54, 1.807) is 0 Å². The van der Waals surface area contributed by atoms with Gasteiger partial charge in [0.15, 0.2) is 0 Å². The third-order valence-corrected chi connectivity index (χ3v) is 7.35. The maximum atomic E-state index is 13.2. The monoisotopic (exact) mass is 354 g/mol. The van der Waals surface area contributed by atoms with Crippen LogP contribution < -0.4 is 5.32 Å². The Labute approximate surface area is 158 Å². The predicted octanol–water partition coefficient (Wildman–Crippen LogP) is 4.03. The fraction of sp³-hybridized carbons (Fsp3) is 0.696. The van der Waals surface area contributed by atoms with Crippen molar-refractivity contribution >= 4 is 5.91 Å². The largest absolute Gasteiger partial charge is 0.343 e. The standard InChI is InChI=1S/C23H34N2O/c26-22(25-14-9-20-17-24-18-21(20)10-15-25)16-23(11-4-5-12-23)13-8-19-6-2-1-3-7-19/h1-3,6-7,20-21,24H,4-5,8-18H2/t20-,21+. The SMILES string of the molecule is O=C(CC1(CCc2ccccc2)CCCC1)N1CC[C@@H]2CNC[C@@H]2CC1. The van der Waals surface area contributed by atoms with Crippen LogP contribution in [0, 0.1) is 17.3 Å². The number of amides is 1. The zero-order chi connectivity index (χ0) is 17.8. The Morgan fingerprint density at radius 1 is 1.04 bits per heavy atom. The van der Waals surface area contributed by atoms with Gasteiger partial charge in [-0.15, -0.1) is 0 Å². The van der Waals surface area contributed by atoms with Crippen LogP contribution in [0.4, 0.5) is 0 Å². The number of carbonyl (C=O) groups is 1. The molecule has 0 radical (unpaired) electrons. The van der Waals surface area contributed by atoms with E-state index in [-0.39, 0.29) is 5.41 Å². The van der Waals surface area contributed by atoms with Crippen molar-refractivity contribution in [3.8, 4) is 0 Å². The molecule has 3 aliphatic rings. The third-order valence-electron chi connectivity index (χ3n) is 7.35. The fourth-order valence-electron chi connectivity index (χ4n) is 5.59.